The number of anilines is 1. The van der Waals surface area contributed by atoms with Crippen molar-refractivity contribution in [1.29, 1.82) is 0 Å². The first-order valence-corrected chi connectivity index (χ1v) is 10.2. The van der Waals surface area contributed by atoms with Gasteiger partial charge < -0.3 is 10.6 Å². The molecular formula is C24H16F6N4O. The average molecular weight is 490 g/mol. The van der Waals surface area contributed by atoms with Gasteiger partial charge in [-0.3, -0.25) is 4.79 Å². The van der Waals surface area contributed by atoms with Crippen LogP contribution in [-0.4, -0.2) is 29.5 Å². The number of halogens is 6. The number of fused-ring (bicyclic) bond motifs is 1. The van der Waals surface area contributed by atoms with E-state index >= 15 is 0 Å². The predicted octanol–water partition coefficient (Wildman–Crippen LogP) is 5.15. The summed E-state index contributed by atoms with van der Waals surface area (Å²) >= 11 is 0. The molecule has 180 valence electrons. The molecule has 1 amide bonds. The molecule has 2 N–H and O–H groups in total. The topological polar surface area (TPSA) is 66.9 Å². The van der Waals surface area contributed by atoms with Crippen molar-refractivity contribution in [2.75, 3.05) is 18.9 Å². The van der Waals surface area contributed by atoms with Crippen LogP contribution in [0.15, 0.2) is 42.7 Å². The summed E-state index contributed by atoms with van der Waals surface area (Å²) in [6, 6.07) is 9.70. The Balaban J connectivity index is 1.54. The number of carbonyl (C=O) groups excluding carboxylic acids is 1. The Hall–Kier alpha value is -4.15. The molecule has 0 bridgehead atoms. The van der Waals surface area contributed by atoms with E-state index in [0.717, 1.165) is 10.9 Å². The molecule has 0 aliphatic rings. The Bertz CT molecular complexity index is 1430. The number of aromatic nitrogens is 2. The van der Waals surface area contributed by atoms with Crippen LogP contribution >= 0.6 is 0 Å². The summed E-state index contributed by atoms with van der Waals surface area (Å²) < 4.78 is 81.9. The molecule has 0 fully saturated rings. The predicted molar refractivity (Wildman–Crippen MR) is 117 cm³/mol. The molecule has 0 aliphatic heterocycles. The van der Waals surface area contributed by atoms with Gasteiger partial charge in [0.2, 0.25) is 5.82 Å². The summed E-state index contributed by atoms with van der Waals surface area (Å²) in [5.41, 5.74) is 0.634. The fourth-order valence-electron chi connectivity index (χ4n) is 3.58. The van der Waals surface area contributed by atoms with Crippen molar-refractivity contribution in [2.24, 2.45) is 0 Å². The van der Waals surface area contributed by atoms with Gasteiger partial charge in [0.25, 0.3) is 5.91 Å². The summed E-state index contributed by atoms with van der Waals surface area (Å²) in [6.07, 6.45) is 1.31. The fourth-order valence-corrected chi connectivity index (χ4v) is 3.58. The van der Waals surface area contributed by atoms with Crippen molar-refractivity contribution >= 4 is 22.6 Å². The monoisotopic (exact) mass is 490 g/mol. The van der Waals surface area contributed by atoms with E-state index in [-0.39, 0.29) is 18.5 Å². The SMILES string of the molecule is CNc1ncnc2ccc(-c3ccc(F)c(CCNC(=O)c4c(F)c(F)c(F)c(F)c4F)c3)cc12. The Kier molecular flexibility index (Phi) is 6.59. The van der Waals surface area contributed by atoms with Gasteiger partial charge in [-0.25, -0.2) is 36.3 Å². The molecule has 0 radical (unpaired) electrons. The Morgan fingerprint density at radius 3 is 2.14 bits per heavy atom. The summed E-state index contributed by atoms with van der Waals surface area (Å²) in [7, 11) is 1.71. The highest BCUT2D eigenvalue weighted by Crippen LogP contribution is 2.28. The second-order valence-corrected chi connectivity index (χ2v) is 7.46. The molecule has 4 rings (SSSR count). The third kappa shape index (κ3) is 4.48. The Morgan fingerprint density at radius 2 is 1.46 bits per heavy atom. The summed E-state index contributed by atoms with van der Waals surface area (Å²) in [4.78, 5) is 20.4. The lowest BCUT2D eigenvalue weighted by molar-refractivity contribution is 0.0942. The highest BCUT2D eigenvalue weighted by atomic mass is 19.2. The third-order valence-corrected chi connectivity index (χ3v) is 5.37. The van der Waals surface area contributed by atoms with Gasteiger partial charge in [-0.2, -0.15) is 0 Å². The van der Waals surface area contributed by atoms with Gasteiger partial charge in [0, 0.05) is 19.0 Å². The van der Waals surface area contributed by atoms with E-state index in [2.05, 4.69) is 20.6 Å². The molecule has 0 spiro atoms. The van der Waals surface area contributed by atoms with Gasteiger partial charge in [0.05, 0.1) is 5.52 Å². The normalized spacial score (nSPS) is 11.1. The number of rotatable bonds is 6. The first-order chi connectivity index (χ1) is 16.7. The molecule has 11 heteroatoms. The maximum atomic E-state index is 14.4. The van der Waals surface area contributed by atoms with Gasteiger partial charge in [-0.05, 0) is 47.4 Å². The van der Waals surface area contributed by atoms with Crippen LogP contribution in [-0.2, 0) is 6.42 Å². The zero-order valence-electron chi connectivity index (χ0n) is 18.0. The number of hydrogen-bond acceptors (Lipinski definition) is 4. The number of hydrogen-bond donors (Lipinski definition) is 2. The van der Waals surface area contributed by atoms with Gasteiger partial charge in [-0.1, -0.05) is 12.1 Å². The van der Waals surface area contributed by atoms with Crippen LogP contribution in [0.2, 0.25) is 0 Å². The van der Waals surface area contributed by atoms with Crippen LogP contribution in [0.3, 0.4) is 0 Å². The van der Waals surface area contributed by atoms with Gasteiger partial charge >= 0.3 is 0 Å². The van der Waals surface area contributed by atoms with E-state index in [0.29, 0.717) is 16.9 Å². The number of amides is 1. The molecule has 0 aliphatic carbocycles. The van der Waals surface area contributed by atoms with Crippen molar-refractivity contribution < 1.29 is 31.1 Å². The number of nitrogens with zero attached hydrogens (tertiary/aromatic N) is 2. The molecule has 4 aromatic rings. The summed E-state index contributed by atoms with van der Waals surface area (Å²) in [6.45, 7) is -0.325. The summed E-state index contributed by atoms with van der Waals surface area (Å²) in [5, 5.41) is 5.77. The highest BCUT2D eigenvalue weighted by molar-refractivity contribution is 5.95. The third-order valence-electron chi connectivity index (χ3n) is 5.37. The van der Waals surface area contributed by atoms with Crippen molar-refractivity contribution in [1.82, 2.24) is 15.3 Å². The lowest BCUT2D eigenvalue weighted by Crippen LogP contribution is -2.29. The molecule has 5 nitrogen and oxygen atoms in total. The number of benzene rings is 3. The van der Waals surface area contributed by atoms with Crippen molar-refractivity contribution in [3.05, 3.63) is 88.8 Å². The molecule has 1 heterocycles. The minimum atomic E-state index is -2.36. The lowest BCUT2D eigenvalue weighted by Gasteiger charge is -2.11. The zero-order chi connectivity index (χ0) is 25.3. The van der Waals surface area contributed by atoms with Crippen LogP contribution in [0.25, 0.3) is 22.0 Å². The standard InChI is InChI=1S/C24H16F6N4O/c1-31-23-14-9-12(3-5-16(14)33-10-34-23)11-2-4-15(25)13(8-11)6-7-32-24(35)17-18(26)20(28)22(30)21(29)19(17)27/h2-5,8-10H,6-7H2,1H3,(H,32,35)(H,31,33,34). The molecule has 0 saturated carbocycles. The fraction of sp³-hybridized carbons (Fsp3) is 0.125. The van der Waals surface area contributed by atoms with E-state index in [1.54, 1.807) is 25.2 Å². The zero-order valence-corrected chi connectivity index (χ0v) is 18.0. The van der Waals surface area contributed by atoms with Crippen LogP contribution in [0.4, 0.5) is 32.2 Å². The molecular weight excluding hydrogens is 474 g/mol. The van der Waals surface area contributed by atoms with E-state index in [1.165, 1.54) is 18.5 Å². The smallest absolute Gasteiger partial charge is 0.257 e. The first kappa shape index (κ1) is 24.0. The maximum Gasteiger partial charge on any atom is 0.257 e. The molecule has 0 saturated heterocycles. The van der Waals surface area contributed by atoms with Crippen molar-refractivity contribution in [2.45, 2.75) is 6.42 Å². The second kappa shape index (κ2) is 9.61. The molecule has 0 atom stereocenters. The van der Waals surface area contributed by atoms with Gasteiger partial charge in [-0.15, -0.1) is 0 Å². The molecule has 3 aromatic carbocycles. The Morgan fingerprint density at radius 1 is 0.829 bits per heavy atom. The van der Waals surface area contributed by atoms with Gasteiger partial charge in [0.1, 0.15) is 23.5 Å². The van der Waals surface area contributed by atoms with Crippen molar-refractivity contribution in [3.8, 4) is 11.1 Å². The number of nitrogens with one attached hydrogen (secondary N) is 2. The largest absolute Gasteiger partial charge is 0.373 e. The lowest BCUT2D eigenvalue weighted by atomic mass is 9.99. The average Bonchev–Trinajstić information content (AvgIpc) is 2.86. The van der Waals surface area contributed by atoms with Crippen LogP contribution in [0.5, 0.6) is 0 Å². The van der Waals surface area contributed by atoms with E-state index in [1.807, 2.05) is 6.07 Å². The first-order valence-electron chi connectivity index (χ1n) is 10.2. The van der Waals surface area contributed by atoms with Crippen LogP contribution in [0, 0.1) is 34.9 Å². The highest BCUT2D eigenvalue weighted by Gasteiger charge is 2.29. The van der Waals surface area contributed by atoms with Gasteiger partial charge in [0.15, 0.2) is 23.3 Å². The molecule has 35 heavy (non-hydrogen) atoms. The number of carbonyl (C=O) groups is 1. The minimum Gasteiger partial charge on any atom is -0.373 e. The Labute approximate surface area is 194 Å². The molecule has 1 aromatic heterocycles. The van der Waals surface area contributed by atoms with Crippen molar-refractivity contribution in [3.63, 3.8) is 0 Å². The van der Waals surface area contributed by atoms with Crippen LogP contribution < -0.4 is 10.6 Å². The van der Waals surface area contributed by atoms with E-state index in [9.17, 15) is 31.1 Å². The van der Waals surface area contributed by atoms with Crippen LogP contribution in [0.1, 0.15) is 15.9 Å². The second-order valence-electron chi connectivity index (χ2n) is 7.46. The minimum absolute atomic E-state index is 0.112. The maximum absolute atomic E-state index is 14.4. The summed E-state index contributed by atoms with van der Waals surface area (Å²) in [5.74, 6) is -12.8. The molecule has 0 unspecified atom stereocenters. The van der Waals surface area contributed by atoms with E-state index in [4.69, 9.17) is 0 Å². The quantitative estimate of drug-likeness (QED) is 0.223. The van der Waals surface area contributed by atoms with E-state index < -0.39 is 46.4 Å².